The number of hydrogen-bond donors (Lipinski definition) is 2. The Morgan fingerprint density at radius 3 is 2.52 bits per heavy atom. The quantitative estimate of drug-likeness (QED) is 0.892. The summed E-state index contributed by atoms with van der Waals surface area (Å²) in [4.78, 5) is 11.9. The van der Waals surface area contributed by atoms with Crippen LogP contribution in [0.5, 0.6) is 0 Å². The molecule has 3 nitrogen and oxygen atoms in total. The van der Waals surface area contributed by atoms with Crippen molar-refractivity contribution in [3.63, 3.8) is 0 Å². The van der Waals surface area contributed by atoms with Crippen LogP contribution in [0.3, 0.4) is 0 Å². The fourth-order valence-corrected chi connectivity index (χ4v) is 2.19. The van der Waals surface area contributed by atoms with Gasteiger partial charge in [0.05, 0.1) is 5.02 Å². The first-order valence-corrected chi connectivity index (χ1v) is 6.85. The summed E-state index contributed by atoms with van der Waals surface area (Å²) in [6.45, 7) is 2.11. The maximum Gasteiger partial charge on any atom is 0.242 e. The monoisotopic (exact) mass is 306 g/mol. The minimum atomic E-state index is -1.13. The first-order valence-electron chi connectivity index (χ1n) is 6.48. The lowest BCUT2D eigenvalue weighted by Gasteiger charge is -2.28. The molecule has 0 aliphatic heterocycles. The second kappa shape index (κ2) is 6.24. The van der Waals surface area contributed by atoms with E-state index >= 15 is 0 Å². The molecule has 1 atom stereocenters. The van der Waals surface area contributed by atoms with E-state index < -0.39 is 17.3 Å². The van der Waals surface area contributed by atoms with Gasteiger partial charge in [0.25, 0.3) is 0 Å². The zero-order valence-corrected chi connectivity index (χ0v) is 12.3. The molecule has 0 aliphatic carbocycles. The Balaban J connectivity index is 2.27. The van der Waals surface area contributed by atoms with Gasteiger partial charge in [-0.05, 0) is 30.2 Å². The van der Waals surface area contributed by atoms with Crippen LogP contribution in [0, 0.1) is 5.82 Å². The molecule has 0 radical (unpaired) electrons. The predicted molar refractivity (Wildman–Crippen MR) is 81.2 cm³/mol. The molecule has 0 aliphatic rings. The van der Waals surface area contributed by atoms with Crippen molar-refractivity contribution in [2.75, 3.05) is 0 Å². The summed E-state index contributed by atoms with van der Waals surface area (Å²) in [6, 6.07) is 13.8. The molecular formula is C16H16ClFN2O. The van der Waals surface area contributed by atoms with E-state index in [1.807, 2.05) is 30.3 Å². The number of carbonyl (C=O) groups excluding carboxylic acids is 1. The number of nitrogens with two attached hydrogens (primary N) is 1. The molecule has 2 aromatic carbocycles. The highest BCUT2D eigenvalue weighted by atomic mass is 35.5. The van der Waals surface area contributed by atoms with Crippen molar-refractivity contribution in [1.29, 1.82) is 0 Å². The standard InChI is InChI=1S/C16H16ClFN2O/c1-16(15(19)21,12-7-8-14(18)13(17)9-12)20-10-11-5-3-2-4-6-11/h2-9,20H,10H2,1H3,(H2,19,21). The smallest absolute Gasteiger partial charge is 0.242 e. The van der Waals surface area contributed by atoms with Crippen LogP contribution in [0.15, 0.2) is 48.5 Å². The van der Waals surface area contributed by atoms with Crippen molar-refractivity contribution in [2.45, 2.75) is 19.0 Å². The highest BCUT2D eigenvalue weighted by Crippen LogP contribution is 2.25. The Morgan fingerprint density at radius 1 is 1.29 bits per heavy atom. The average Bonchev–Trinajstić information content (AvgIpc) is 2.48. The number of rotatable bonds is 5. The van der Waals surface area contributed by atoms with Gasteiger partial charge < -0.3 is 5.73 Å². The summed E-state index contributed by atoms with van der Waals surface area (Å²) in [7, 11) is 0. The normalized spacial score (nSPS) is 13.7. The highest BCUT2D eigenvalue weighted by Gasteiger charge is 2.33. The minimum absolute atomic E-state index is 0.0403. The van der Waals surface area contributed by atoms with Gasteiger partial charge in [0.15, 0.2) is 0 Å². The lowest BCUT2D eigenvalue weighted by molar-refractivity contribution is -0.124. The van der Waals surface area contributed by atoms with Gasteiger partial charge in [-0.3, -0.25) is 10.1 Å². The van der Waals surface area contributed by atoms with Crippen LogP contribution < -0.4 is 11.1 Å². The van der Waals surface area contributed by atoms with Crippen molar-refractivity contribution in [1.82, 2.24) is 5.32 Å². The van der Waals surface area contributed by atoms with Crippen LogP contribution in [0.25, 0.3) is 0 Å². The number of amides is 1. The topological polar surface area (TPSA) is 55.1 Å². The van der Waals surface area contributed by atoms with Gasteiger partial charge in [-0.15, -0.1) is 0 Å². The molecule has 1 unspecified atom stereocenters. The Morgan fingerprint density at radius 2 is 1.95 bits per heavy atom. The molecule has 2 aromatic rings. The zero-order chi connectivity index (χ0) is 15.5. The number of hydrogen-bond acceptors (Lipinski definition) is 2. The molecule has 0 aromatic heterocycles. The Hall–Kier alpha value is -1.91. The SMILES string of the molecule is CC(NCc1ccccc1)(C(N)=O)c1ccc(F)c(Cl)c1. The number of benzene rings is 2. The lowest BCUT2D eigenvalue weighted by atomic mass is 9.91. The molecule has 21 heavy (non-hydrogen) atoms. The van der Waals surface area contributed by atoms with Crippen LogP contribution in [0.2, 0.25) is 5.02 Å². The van der Waals surface area contributed by atoms with Crippen molar-refractivity contribution < 1.29 is 9.18 Å². The second-order valence-electron chi connectivity index (χ2n) is 4.96. The van der Waals surface area contributed by atoms with E-state index in [-0.39, 0.29) is 5.02 Å². The van der Waals surface area contributed by atoms with Gasteiger partial charge in [-0.1, -0.05) is 48.0 Å². The minimum Gasteiger partial charge on any atom is -0.368 e. The molecule has 110 valence electrons. The molecule has 5 heteroatoms. The number of carbonyl (C=O) groups is 1. The number of nitrogens with one attached hydrogen (secondary N) is 1. The van der Waals surface area contributed by atoms with Crippen molar-refractivity contribution >= 4 is 17.5 Å². The first kappa shape index (κ1) is 15.5. The highest BCUT2D eigenvalue weighted by molar-refractivity contribution is 6.30. The van der Waals surface area contributed by atoms with Gasteiger partial charge in [-0.25, -0.2) is 4.39 Å². The van der Waals surface area contributed by atoms with Crippen molar-refractivity contribution in [2.24, 2.45) is 5.73 Å². The van der Waals surface area contributed by atoms with Gasteiger partial charge in [0, 0.05) is 6.54 Å². The fraction of sp³-hybridized carbons (Fsp3) is 0.188. The molecule has 0 bridgehead atoms. The molecule has 0 saturated carbocycles. The second-order valence-corrected chi connectivity index (χ2v) is 5.36. The third-order valence-corrected chi connectivity index (χ3v) is 3.77. The van der Waals surface area contributed by atoms with Crippen LogP contribution in [-0.4, -0.2) is 5.91 Å². The van der Waals surface area contributed by atoms with Crippen LogP contribution in [0.4, 0.5) is 4.39 Å². The Labute approximate surface area is 127 Å². The number of halogens is 2. The summed E-state index contributed by atoms with van der Waals surface area (Å²) in [5, 5.41) is 3.08. The van der Waals surface area contributed by atoms with E-state index in [4.69, 9.17) is 17.3 Å². The maximum atomic E-state index is 13.3. The largest absolute Gasteiger partial charge is 0.368 e. The van der Waals surface area contributed by atoms with E-state index in [0.717, 1.165) is 5.56 Å². The third kappa shape index (κ3) is 3.40. The molecule has 2 rings (SSSR count). The summed E-state index contributed by atoms with van der Waals surface area (Å²) in [6.07, 6.45) is 0. The van der Waals surface area contributed by atoms with Gasteiger partial charge >= 0.3 is 0 Å². The lowest BCUT2D eigenvalue weighted by Crippen LogP contribution is -2.50. The van der Waals surface area contributed by atoms with Crippen molar-refractivity contribution in [3.8, 4) is 0 Å². The van der Waals surface area contributed by atoms with E-state index in [0.29, 0.717) is 12.1 Å². The molecular weight excluding hydrogens is 291 g/mol. The number of primary amides is 1. The summed E-state index contributed by atoms with van der Waals surface area (Å²) < 4.78 is 13.3. The summed E-state index contributed by atoms with van der Waals surface area (Å²) >= 11 is 5.79. The van der Waals surface area contributed by atoms with Gasteiger partial charge in [0.2, 0.25) is 5.91 Å². The maximum absolute atomic E-state index is 13.3. The first-order chi connectivity index (χ1) is 9.93. The summed E-state index contributed by atoms with van der Waals surface area (Å²) in [5.41, 5.74) is 5.92. The molecule has 0 saturated heterocycles. The molecule has 0 heterocycles. The Bertz CT molecular complexity index is 648. The molecule has 0 fully saturated rings. The third-order valence-electron chi connectivity index (χ3n) is 3.48. The fourth-order valence-electron chi connectivity index (χ4n) is 2.01. The molecule has 3 N–H and O–H groups in total. The van der Waals surface area contributed by atoms with E-state index in [2.05, 4.69) is 5.32 Å². The van der Waals surface area contributed by atoms with Crippen molar-refractivity contribution in [3.05, 3.63) is 70.5 Å². The van der Waals surface area contributed by atoms with Gasteiger partial charge in [0.1, 0.15) is 11.4 Å². The van der Waals surface area contributed by atoms with E-state index in [1.165, 1.54) is 18.2 Å². The van der Waals surface area contributed by atoms with Gasteiger partial charge in [-0.2, -0.15) is 0 Å². The van der Waals surface area contributed by atoms with E-state index in [1.54, 1.807) is 6.92 Å². The average molecular weight is 307 g/mol. The summed E-state index contributed by atoms with van der Waals surface area (Å²) in [5.74, 6) is -1.09. The Kier molecular flexibility index (Phi) is 4.60. The van der Waals surface area contributed by atoms with Crippen LogP contribution >= 0.6 is 11.6 Å². The van der Waals surface area contributed by atoms with Crippen LogP contribution in [0.1, 0.15) is 18.1 Å². The zero-order valence-electron chi connectivity index (χ0n) is 11.6. The molecule has 1 amide bonds. The molecule has 0 spiro atoms. The van der Waals surface area contributed by atoms with Crippen LogP contribution in [-0.2, 0) is 16.9 Å². The van der Waals surface area contributed by atoms with E-state index in [9.17, 15) is 9.18 Å². The predicted octanol–water partition coefficient (Wildman–Crippen LogP) is 2.97.